The first-order valence-electron chi connectivity index (χ1n) is 6.71. The Labute approximate surface area is 135 Å². The second kappa shape index (κ2) is 9.79. The number of carbonyl (C=O) groups is 1. The summed E-state index contributed by atoms with van der Waals surface area (Å²) in [5, 5.41) is 0. The van der Waals surface area contributed by atoms with Gasteiger partial charge in [0.25, 0.3) is 0 Å². The van der Waals surface area contributed by atoms with Crippen LogP contribution in [0.25, 0.3) is 0 Å². The Bertz CT molecular complexity index is 285. The third-order valence-corrected chi connectivity index (χ3v) is 3.50. The highest BCUT2D eigenvalue weighted by Gasteiger charge is 2.33. The summed E-state index contributed by atoms with van der Waals surface area (Å²) in [7, 11) is 1.72. The molecule has 1 aliphatic rings. The van der Waals surface area contributed by atoms with Crippen molar-refractivity contribution in [2.45, 2.75) is 38.8 Å². The molecule has 0 bridgehead atoms. The lowest BCUT2D eigenvalue weighted by atomic mass is 10.0. The van der Waals surface area contributed by atoms with Gasteiger partial charge in [-0.1, -0.05) is 6.92 Å². The monoisotopic (exact) mass is 329 g/mol. The van der Waals surface area contributed by atoms with Gasteiger partial charge in [0.15, 0.2) is 0 Å². The molecule has 0 radical (unpaired) electrons. The first-order valence-corrected chi connectivity index (χ1v) is 6.71. The molecule has 2 N–H and O–H groups in total. The number of nitrogens with two attached hydrogens (primary N) is 1. The number of nitrogens with zero attached hydrogens (tertiary/aromatic N) is 2. The van der Waals surface area contributed by atoms with Crippen molar-refractivity contribution in [3.8, 4) is 0 Å². The fraction of sp³-hybridized carbons (Fsp3) is 0.923. The zero-order valence-corrected chi connectivity index (χ0v) is 14.6. The van der Waals surface area contributed by atoms with Crippen LogP contribution in [0.5, 0.6) is 0 Å². The van der Waals surface area contributed by atoms with Gasteiger partial charge in [0.1, 0.15) is 0 Å². The van der Waals surface area contributed by atoms with Crippen molar-refractivity contribution < 1.29 is 9.53 Å². The molecule has 0 saturated carbocycles. The molecule has 1 unspecified atom stereocenters. The van der Waals surface area contributed by atoms with Gasteiger partial charge in [-0.2, -0.15) is 0 Å². The van der Waals surface area contributed by atoms with Crippen molar-refractivity contribution in [2.75, 3.05) is 39.9 Å². The Balaban J connectivity index is 0. The molecule has 1 atom stereocenters. The number of piperazine rings is 1. The van der Waals surface area contributed by atoms with Crippen LogP contribution < -0.4 is 5.73 Å². The molecule has 0 spiro atoms. The van der Waals surface area contributed by atoms with Gasteiger partial charge in [0.2, 0.25) is 5.91 Å². The second-order valence-electron chi connectivity index (χ2n) is 5.56. The van der Waals surface area contributed by atoms with Crippen LogP contribution in [-0.4, -0.2) is 67.2 Å². The lowest BCUT2D eigenvalue weighted by molar-refractivity contribution is -0.139. The van der Waals surface area contributed by atoms with E-state index in [2.05, 4.69) is 11.8 Å². The third-order valence-electron chi connectivity index (χ3n) is 3.50. The Morgan fingerprint density at radius 3 is 2.40 bits per heavy atom. The molecule has 122 valence electrons. The standard InChI is InChI=1S/C13H27N3O2.2ClH/c1-5-11-10-16(12(17)13(2,3)14)7-6-15(11)8-9-18-4;;/h11H,5-10,14H2,1-4H3;2*1H. The van der Waals surface area contributed by atoms with E-state index in [4.69, 9.17) is 10.5 Å². The number of carbonyl (C=O) groups excluding carboxylic acids is 1. The zero-order chi connectivity index (χ0) is 13.8. The number of hydrogen-bond acceptors (Lipinski definition) is 4. The van der Waals surface area contributed by atoms with Crippen molar-refractivity contribution in [2.24, 2.45) is 5.73 Å². The second-order valence-corrected chi connectivity index (χ2v) is 5.56. The summed E-state index contributed by atoms with van der Waals surface area (Å²) in [4.78, 5) is 16.5. The molecule has 0 aliphatic carbocycles. The Kier molecular flexibility index (Phi) is 10.9. The summed E-state index contributed by atoms with van der Waals surface area (Å²) in [6, 6.07) is 0.417. The smallest absolute Gasteiger partial charge is 0.242 e. The maximum atomic E-state index is 12.2. The van der Waals surface area contributed by atoms with Crippen molar-refractivity contribution in [1.29, 1.82) is 0 Å². The molecule has 0 aromatic heterocycles. The van der Waals surface area contributed by atoms with Crippen LogP contribution in [0.3, 0.4) is 0 Å². The summed E-state index contributed by atoms with van der Waals surface area (Å²) in [5.74, 6) is 0.0485. The van der Waals surface area contributed by atoms with Gasteiger partial charge in [-0.05, 0) is 20.3 Å². The molecule has 1 fully saturated rings. The summed E-state index contributed by atoms with van der Waals surface area (Å²) in [6.07, 6.45) is 1.04. The van der Waals surface area contributed by atoms with Gasteiger partial charge < -0.3 is 15.4 Å². The van der Waals surface area contributed by atoms with Crippen LogP contribution in [0.4, 0.5) is 0 Å². The van der Waals surface area contributed by atoms with Crippen LogP contribution in [-0.2, 0) is 9.53 Å². The maximum absolute atomic E-state index is 12.2. The van der Waals surface area contributed by atoms with Crippen LogP contribution >= 0.6 is 24.8 Å². The van der Waals surface area contributed by atoms with Gasteiger partial charge in [0.05, 0.1) is 12.1 Å². The fourth-order valence-electron chi connectivity index (χ4n) is 2.38. The molecule has 1 amide bonds. The molecule has 7 heteroatoms. The molecule has 0 aromatic rings. The van der Waals surface area contributed by atoms with Gasteiger partial charge in [-0.25, -0.2) is 0 Å². The number of ether oxygens (including phenoxy) is 1. The lowest BCUT2D eigenvalue weighted by Crippen LogP contribution is -2.60. The molecule has 5 nitrogen and oxygen atoms in total. The summed E-state index contributed by atoms with van der Waals surface area (Å²) in [5.41, 5.74) is 5.12. The normalized spacial score (nSPS) is 20.1. The maximum Gasteiger partial charge on any atom is 0.242 e. The van der Waals surface area contributed by atoms with E-state index < -0.39 is 5.54 Å². The average Bonchev–Trinajstić information content (AvgIpc) is 2.34. The van der Waals surface area contributed by atoms with E-state index in [1.54, 1.807) is 21.0 Å². The van der Waals surface area contributed by atoms with Crippen molar-refractivity contribution in [3.63, 3.8) is 0 Å². The van der Waals surface area contributed by atoms with E-state index in [0.29, 0.717) is 6.04 Å². The highest BCUT2D eigenvalue weighted by molar-refractivity contribution is 5.86. The minimum absolute atomic E-state index is 0. The van der Waals surface area contributed by atoms with Gasteiger partial charge in [-0.3, -0.25) is 9.69 Å². The number of halogens is 2. The minimum atomic E-state index is -0.771. The van der Waals surface area contributed by atoms with Crippen molar-refractivity contribution in [1.82, 2.24) is 9.80 Å². The Morgan fingerprint density at radius 1 is 1.35 bits per heavy atom. The highest BCUT2D eigenvalue weighted by atomic mass is 35.5. The molecule has 1 aliphatic heterocycles. The lowest BCUT2D eigenvalue weighted by Gasteiger charge is -2.42. The molecule has 1 heterocycles. The molecular formula is C13H29Cl2N3O2. The molecule has 0 aromatic carbocycles. The van der Waals surface area contributed by atoms with Gasteiger partial charge >= 0.3 is 0 Å². The Morgan fingerprint density at radius 2 is 1.95 bits per heavy atom. The first kappa shape index (κ1) is 22.2. The van der Waals surface area contributed by atoms with E-state index in [1.165, 1.54) is 0 Å². The molecular weight excluding hydrogens is 301 g/mol. The van der Waals surface area contributed by atoms with Crippen molar-refractivity contribution in [3.05, 3.63) is 0 Å². The largest absolute Gasteiger partial charge is 0.383 e. The zero-order valence-electron chi connectivity index (χ0n) is 12.9. The molecule has 1 rings (SSSR count). The molecule has 1 saturated heterocycles. The summed E-state index contributed by atoms with van der Waals surface area (Å²) >= 11 is 0. The SMILES string of the molecule is CCC1CN(C(=O)C(C)(C)N)CCN1CCOC.Cl.Cl. The van der Waals surface area contributed by atoms with E-state index >= 15 is 0 Å². The van der Waals surface area contributed by atoms with Crippen molar-refractivity contribution >= 4 is 30.7 Å². The number of hydrogen-bond donors (Lipinski definition) is 1. The van der Waals surface area contributed by atoms with Crippen LogP contribution in [0.2, 0.25) is 0 Å². The average molecular weight is 330 g/mol. The number of methoxy groups -OCH3 is 1. The van der Waals surface area contributed by atoms with Gasteiger partial charge in [-0.15, -0.1) is 24.8 Å². The van der Waals surface area contributed by atoms with E-state index in [0.717, 1.165) is 39.2 Å². The first-order chi connectivity index (χ1) is 8.40. The predicted molar refractivity (Wildman–Crippen MR) is 86.9 cm³/mol. The topological polar surface area (TPSA) is 58.8 Å². The third kappa shape index (κ3) is 6.14. The molecule has 20 heavy (non-hydrogen) atoms. The fourth-order valence-corrected chi connectivity index (χ4v) is 2.38. The summed E-state index contributed by atoms with van der Waals surface area (Å²) in [6.45, 7) is 9.83. The van der Waals surface area contributed by atoms with E-state index in [9.17, 15) is 4.79 Å². The number of amides is 1. The Hall–Kier alpha value is -0.0700. The number of rotatable bonds is 5. The van der Waals surface area contributed by atoms with E-state index in [1.807, 2.05) is 4.90 Å². The van der Waals surface area contributed by atoms with Crippen LogP contribution in [0.1, 0.15) is 27.2 Å². The highest BCUT2D eigenvalue weighted by Crippen LogP contribution is 2.15. The van der Waals surface area contributed by atoms with Crippen LogP contribution in [0, 0.1) is 0 Å². The predicted octanol–water partition coefficient (Wildman–Crippen LogP) is 1.14. The quantitative estimate of drug-likeness (QED) is 0.821. The van der Waals surface area contributed by atoms with E-state index in [-0.39, 0.29) is 30.7 Å². The minimum Gasteiger partial charge on any atom is -0.383 e. The van der Waals surface area contributed by atoms with Crippen LogP contribution in [0.15, 0.2) is 0 Å². The summed E-state index contributed by atoms with van der Waals surface area (Å²) < 4.78 is 5.12. The van der Waals surface area contributed by atoms with Gasteiger partial charge in [0, 0.05) is 39.3 Å².